The van der Waals surface area contributed by atoms with E-state index in [1.807, 2.05) is 25.1 Å². The van der Waals surface area contributed by atoms with Crippen LogP contribution in [0.3, 0.4) is 0 Å². The van der Waals surface area contributed by atoms with Crippen LogP contribution in [0.15, 0.2) is 23.3 Å². The Kier molecular flexibility index (Phi) is 2.28. The van der Waals surface area contributed by atoms with E-state index in [9.17, 15) is 9.59 Å². The molecule has 1 aromatic carbocycles. The molecule has 0 aromatic heterocycles. The molecule has 4 rings (SSSR count). The van der Waals surface area contributed by atoms with Crippen molar-refractivity contribution in [3.8, 4) is 0 Å². The summed E-state index contributed by atoms with van der Waals surface area (Å²) in [5, 5.41) is 7.12. The number of hydrazone groups is 1. The summed E-state index contributed by atoms with van der Waals surface area (Å²) in [6.07, 6.45) is 1.67. The predicted octanol–water partition coefficient (Wildman–Crippen LogP) is 1.60. The number of carbonyl (C=O) groups is 2. The van der Waals surface area contributed by atoms with Gasteiger partial charge in [0.15, 0.2) is 0 Å². The first-order chi connectivity index (χ1) is 9.69. The number of amides is 2. The molecular formula is C15H15N3O2. The van der Waals surface area contributed by atoms with Crippen molar-refractivity contribution in [2.45, 2.75) is 25.7 Å². The molecular weight excluding hydrogens is 254 g/mol. The number of rotatable bonds is 2. The molecule has 2 aliphatic heterocycles. The lowest BCUT2D eigenvalue weighted by Gasteiger charge is -2.13. The first-order valence-corrected chi connectivity index (χ1v) is 7.01. The number of hydrogen-bond donors (Lipinski definition) is 2. The van der Waals surface area contributed by atoms with Crippen molar-refractivity contribution in [1.82, 2.24) is 5.43 Å². The fourth-order valence-electron chi connectivity index (χ4n) is 3.24. The maximum absolute atomic E-state index is 11.9. The molecule has 2 N–H and O–H groups in total. The third kappa shape index (κ3) is 1.52. The van der Waals surface area contributed by atoms with Crippen LogP contribution in [0.5, 0.6) is 0 Å². The molecule has 0 bridgehead atoms. The summed E-state index contributed by atoms with van der Waals surface area (Å²) in [6.45, 7) is 2.02. The smallest absolute Gasteiger partial charge is 0.243 e. The average molecular weight is 269 g/mol. The van der Waals surface area contributed by atoms with Gasteiger partial charge >= 0.3 is 0 Å². The van der Waals surface area contributed by atoms with Gasteiger partial charge < -0.3 is 5.32 Å². The van der Waals surface area contributed by atoms with E-state index in [4.69, 9.17) is 0 Å². The first-order valence-electron chi connectivity index (χ1n) is 7.01. The summed E-state index contributed by atoms with van der Waals surface area (Å²) >= 11 is 0. The van der Waals surface area contributed by atoms with E-state index in [1.165, 1.54) is 0 Å². The third-order valence-corrected chi connectivity index (χ3v) is 4.47. The van der Waals surface area contributed by atoms with E-state index in [0.717, 1.165) is 35.4 Å². The van der Waals surface area contributed by atoms with Gasteiger partial charge in [0.25, 0.3) is 0 Å². The number of benzene rings is 1. The second-order valence-corrected chi connectivity index (χ2v) is 5.67. The van der Waals surface area contributed by atoms with Gasteiger partial charge in [0.2, 0.25) is 11.8 Å². The second kappa shape index (κ2) is 3.91. The van der Waals surface area contributed by atoms with Gasteiger partial charge in [-0.05, 0) is 36.1 Å². The maximum atomic E-state index is 11.9. The lowest BCUT2D eigenvalue weighted by molar-refractivity contribution is -0.122. The highest BCUT2D eigenvalue weighted by molar-refractivity contribution is 6.11. The summed E-state index contributed by atoms with van der Waals surface area (Å²) in [4.78, 5) is 23.3. The van der Waals surface area contributed by atoms with Crippen molar-refractivity contribution < 1.29 is 9.59 Å². The SMILES string of the molecule is CCC1C(=O)Nc2ccc(C3=NNC(=O)C4CC34)cc21. The fraction of sp³-hybridized carbons (Fsp3) is 0.400. The molecule has 1 aliphatic carbocycles. The topological polar surface area (TPSA) is 70.6 Å². The van der Waals surface area contributed by atoms with Gasteiger partial charge in [0, 0.05) is 17.5 Å². The lowest BCUT2D eigenvalue weighted by Crippen LogP contribution is -2.28. The van der Waals surface area contributed by atoms with E-state index >= 15 is 0 Å². The zero-order chi connectivity index (χ0) is 13.9. The van der Waals surface area contributed by atoms with Crippen molar-refractivity contribution in [3.05, 3.63) is 29.3 Å². The number of fused-ring (bicyclic) bond motifs is 2. The number of anilines is 1. The van der Waals surface area contributed by atoms with Gasteiger partial charge in [0.1, 0.15) is 0 Å². The maximum Gasteiger partial charge on any atom is 0.243 e. The molecule has 0 saturated heterocycles. The highest BCUT2D eigenvalue weighted by atomic mass is 16.2. The minimum Gasteiger partial charge on any atom is -0.325 e. The molecule has 20 heavy (non-hydrogen) atoms. The standard InChI is InChI=1S/C15H15N3O2/c1-2-8-9-5-7(3-4-12(9)16-14(8)19)13-10-6-11(10)15(20)18-17-13/h3-5,8,10-11H,2,6H2,1H3,(H,16,19)(H,18,20). The van der Waals surface area contributed by atoms with Gasteiger partial charge in [-0.2, -0.15) is 5.10 Å². The van der Waals surface area contributed by atoms with Crippen molar-refractivity contribution >= 4 is 23.2 Å². The highest BCUT2D eigenvalue weighted by Gasteiger charge is 2.49. The van der Waals surface area contributed by atoms with Crippen LogP contribution in [0.25, 0.3) is 0 Å². The number of nitrogens with zero attached hydrogens (tertiary/aromatic N) is 1. The molecule has 1 saturated carbocycles. The van der Waals surface area contributed by atoms with Gasteiger partial charge in [-0.3, -0.25) is 9.59 Å². The molecule has 3 unspecified atom stereocenters. The Morgan fingerprint density at radius 1 is 1.25 bits per heavy atom. The average Bonchev–Trinajstić information content (AvgIpc) is 3.17. The van der Waals surface area contributed by atoms with E-state index in [1.54, 1.807) is 0 Å². The summed E-state index contributed by atoms with van der Waals surface area (Å²) in [7, 11) is 0. The monoisotopic (exact) mass is 269 g/mol. The minimum absolute atomic E-state index is 0.0307. The van der Waals surface area contributed by atoms with E-state index in [-0.39, 0.29) is 29.6 Å². The Hall–Kier alpha value is -2.17. The van der Waals surface area contributed by atoms with Crippen molar-refractivity contribution in [1.29, 1.82) is 0 Å². The Labute approximate surface area is 116 Å². The quantitative estimate of drug-likeness (QED) is 0.856. The largest absolute Gasteiger partial charge is 0.325 e. The van der Waals surface area contributed by atoms with Gasteiger partial charge in [-0.1, -0.05) is 13.0 Å². The Morgan fingerprint density at radius 3 is 2.90 bits per heavy atom. The van der Waals surface area contributed by atoms with Crippen molar-refractivity contribution in [2.75, 3.05) is 5.32 Å². The third-order valence-electron chi connectivity index (χ3n) is 4.47. The second-order valence-electron chi connectivity index (χ2n) is 5.67. The highest BCUT2D eigenvalue weighted by Crippen LogP contribution is 2.44. The Morgan fingerprint density at radius 2 is 2.10 bits per heavy atom. The molecule has 102 valence electrons. The van der Waals surface area contributed by atoms with E-state index in [0.29, 0.717) is 0 Å². The fourth-order valence-corrected chi connectivity index (χ4v) is 3.24. The van der Waals surface area contributed by atoms with Crippen LogP contribution >= 0.6 is 0 Å². The van der Waals surface area contributed by atoms with Crippen molar-refractivity contribution in [3.63, 3.8) is 0 Å². The molecule has 1 aromatic rings. The molecule has 3 aliphatic rings. The van der Waals surface area contributed by atoms with Gasteiger partial charge in [-0.15, -0.1) is 0 Å². The summed E-state index contributed by atoms with van der Waals surface area (Å²) in [5.41, 5.74) is 6.51. The van der Waals surface area contributed by atoms with Crippen LogP contribution in [0, 0.1) is 11.8 Å². The molecule has 1 fully saturated rings. The number of nitrogens with one attached hydrogen (secondary N) is 2. The Balaban J connectivity index is 1.74. The zero-order valence-corrected chi connectivity index (χ0v) is 11.1. The van der Waals surface area contributed by atoms with Crippen LogP contribution in [0.1, 0.15) is 36.8 Å². The van der Waals surface area contributed by atoms with Crippen LogP contribution in [0.2, 0.25) is 0 Å². The molecule has 5 nitrogen and oxygen atoms in total. The molecule has 0 radical (unpaired) electrons. The summed E-state index contributed by atoms with van der Waals surface area (Å²) in [5.74, 6) is 0.383. The van der Waals surface area contributed by atoms with E-state index in [2.05, 4.69) is 15.8 Å². The summed E-state index contributed by atoms with van der Waals surface area (Å²) in [6, 6.07) is 5.96. The van der Waals surface area contributed by atoms with Crippen molar-refractivity contribution in [2.24, 2.45) is 16.9 Å². The van der Waals surface area contributed by atoms with Crippen LogP contribution in [0.4, 0.5) is 5.69 Å². The molecule has 5 heteroatoms. The number of hydrogen-bond acceptors (Lipinski definition) is 3. The zero-order valence-electron chi connectivity index (χ0n) is 11.1. The normalized spacial score (nSPS) is 30.1. The lowest BCUT2D eigenvalue weighted by atomic mass is 9.94. The predicted molar refractivity (Wildman–Crippen MR) is 74.4 cm³/mol. The first kappa shape index (κ1) is 11.6. The van der Waals surface area contributed by atoms with Gasteiger partial charge in [-0.25, -0.2) is 5.43 Å². The molecule has 2 heterocycles. The van der Waals surface area contributed by atoms with Crippen LogP contribution in [-0.2, 0) is 9.59 Å². The van der Waals surface area contributed by atoms with Gasteiger partial charge in [0.05, 0.1) is 11.6 Å². The molecule has 3 atom stereocenters. The van der Waals surface area contributed by atoms with Crippen LogP contribution in [-0.4, -0.2) is 17.5 Å². The van der Waals surface area contributed by atoms with E-state index < -0.39 is 0 Å². The minimum atomic E-state index is -0.0706. The molecule has 0 spiro atoms. The summed E-state index contributed by atoms with van der Waals surface area (Å²) < 4.78 is 0. The van der Waals surface area contributed by atoms with Crippen LogP contribution < -0.4 is 10.7 Å². The number of carbonyl (C=O) groups excluding carboxylic acids is 2. The molecule has 2 amide bonds. The Bertz CT molecular complexity index is 665.